The molecule has 1 atom stereocenters. The summed E-state index contributed by atoms with van der Waals surface area (Å²) in [5.41, 5.74) is 13.2. The van der Waals surface area contributed by atoms with Crippen molar-refractivity contribution in [2.45, 2.75) is 26.7 Å². The molecule has 0 saturated heterocycles. The first-order valence-electron chi connectivity index (χ1n) is 6.10. The third kappa shape index (κ3) is 4.57. The predicted molar refractivity (Wildman–Crippen MR) is 70.4 cm³/mol. The van der Waals surface area contributed by atoms with Crippen LogP contribution in [0, 0.1) is 11.8 Å². The van der Waals surface area contributed by atoms with Crippen LogP contribution < -0.4 is 11.5 Å². The number of hydrogen-bond donors (Lipinski definition) is 2. The average molecular weight is 234 g/mol. The van der Waals surface area contributed by atoms with Gasteiger partial charge in [0.1, 0.15) is 0 Å². The van der Waals surface area contributed by atoms with Crippen molar-refractivity contribution < 1.29 is 4.79 Å². The maximum Gasteiger partial charge on any atom is 0.222 e. The van der Waals surface area contributed by atoms with Gasteiger partial charge in [-0.05, 0) is 29.9 Å². The Bertz CT molecular complexity index is 357. The fourth-order valence-electron chi connectivity index (χ4n) is 1.87. The van der Waals surface area contributed by atoms with Crippen LogP contribution in [0.5, 0.6) is 0 Å². The highest BCUT2D eigenvalue weighted by molar-refractivity contribution is 5.77. The van der Waals surface area contributed by atoms with E-state index in [2.05, 4.69) is 38.1 Å². The van der Waals surface area contributed by atoms with E-state index in [4.69, 9.17) is 11.5 Å². The standard InChI is InChI=1S/C14H22N2O/c1-10(2)7-11-3-5-12(6-4-11)8-13(9-15)14(16)17/h3-6,10,13H,7-9,15H2,1-2H3,(H2,16,17). The molecule has 0 saturated carbocycles. The Balaban J connectivity index is 2.64. The van der Waals surface area contributed by atoms with E-state index in [0.717, 1.165) is 12.0 Å². The molecular weight excluding hydrogens is 212 g/mol. The van der Waals surface area contributed by atoms with E-state index in [1.807, 2.05) is 0 Å². The van der Waals surface area contributed by atoms with Crippen LogP contribution >= 0.6 is 0 Å². The van der Waals surface area contributed by atoms with Crippen LogP contribution in [0.1, 0.15) is 25.0 Å². The fraction of sp³-hybridized carbons (Fsp3) is 0.500. The van der Waals surface area contributed by atoms with E-state index in [9.17, 15) is 4.79 Å². The molecule has 94 valence electrons. The van der Waals surface area contributed by atoms with Crippen LogP contribution in [0.4, 0.5) is 0 Å². The Labute approximate surface area is 103 Å². The Morgan fingerprint density at radius 3 is 1.94 bits per heavy atom. The largest absolute Gasteiger partial charge is 0.369 e. The van der Waals surface area contributed by atoms with Crippen molar-refractivity contribution in [3.05, 3.63) is 35.4 Å². The summed E-state index contributed by atoms with van der Waals surface area (Å²) < 4.78 is 0. The van der Waals surface area contributed by atoms with Crippen LogP contribution in [0.15, 0.2) is 24.3 Å². The van der Waals surface area contributed by atoms with Crippen molar-refractivity contribution in [2.24, 2.45) is 23.3 Å². The summed E-state index contributed by atoms with van der Waals surface area (Å²) in [7, 11) is 0. The van der Waals surface area contributed by atoms with E-state index in [1.54, 1.807) is 0 Å². The Kier molecular flexibility index (Phi) is 5.16. The lowest BCUT2D eigenvalue weighted by Crippen LogP contribution is -2.31. The van der Waals surface area contributed by atoms with Gasteiger partial charge in [0.2, 0.25) is 5.91 Å². The number of hydrogen-bond acceptors (Lipinski definition) is 2. The van der Waals surface area contributed by atoms with Crippen molar-refractivity contribution >= 4 is 5.91 Å². The number of benzene rings is 1. The Hall–Kier alpha value is -1.35. The lowest BCUT2D eigenvalue weighted by atomic mass is 9.96. The molecule has 4 N–H and O–H groups in total. The van der Waals surface area contributed by atoms with Crippen LogP contribution in [0.3, 0.4) is 0 Å². The van der Waals surface area contributed by atoms with E-state index < -0.39 is 0 Å². The molecule has 0 spiro atoms. The molecule has 1 aromatic rings. The topological polar surface area (TPSA) is 69.1 Å². The minimum Gasteiger partial charge on any atom is -0.369 e. The summed E-state index contributed by atoms with van der Waals surface area (Å²) in [5, 5.41) is 0. The SMILES string of the molecule is CC(C)Cc1ccc(CC(CN)C(N)=O)cc1. The molecule has 0 radical (unpaired) electrons. The van der Waals surface area contributed by atoms with Gasteiger partial charge >= 0.3 is 0 Å². The molecule has 0 bridgehead atoms. The summed E-state index contributed by atoms with van der Waals surface area (Å²) in [6, 6.07) is 8.35. The minimum absolute atomic E-state index is 0.258. The maximum absolute atomic E-state index is 11.1. The van der Waals surface area contributed by atoms with Crippen molar-refractivity contribution in [3.8, 4) is 0 Å². The first kappa shape index (κ1) is 13.7. The Morgan fingerprint density at radius 2 is 1.59 bits per heavy atom. The van der Waals surface area contributed by atoms with Gasteiger partial charge < -0.3 is 11.5 Å². The number of rotatable bonds is 6. The highest BCUT2D eigenvalue weighted by atomic mass is 16.1. The van der Waals surface area contributed by atoms with Crippen LogP contribution in [0.2, 0.25) is 0 Å². The molecule has 1 rings (SSSR count). The van der Waals surface area contributed by atoms with Crippen LogP contribution in [-0.4, -0.2) is 12.5 Å². The summed E-state index contributed by atoms with van der Waals surface area (Å²) in [5.74, 6) is 0.0768. The van der Waals surface area contributed by atoms with Gasteiger partial charge in [0.15, 0.2) is 0 Å². The first-order valence-corrected chi connectivity index (χ1v) is 6.10. The normalized spacial score (nSPS) is 12.7. The van der Waals surface area contributed by atoms with Crippen molar-refractivity contribution in [2.75, 3.05) is 6.54 Å². The molecule has 0 aliphatic heterocycles. The second-order valence-corrected chi connectivity index (χ2v) is 4.95. The average Bonchev–Trinajstić information content (AvgIpc) is 2.26. The second-order valence-electron chi connectivity index (χ2n) is 4.95. The third-order valence-corrected chi connectivity index (χ3v) is 2.84. The highest BCUT2D eigenvalue weighted by Crippen LogP contribution is 2.12. The lowest BCUT2D eigenvalue weighted by molar-refractivity contribution is -0.121. The van der Waals surface area contributed by atoms with Gasteiger partial charge in [0, 0.05) is 6.54 Å². The molecule has 3 nitrogen and oxygen atoms in total. The van der Waals surface area contributed by atoms with Gasteiger partial charge in [-0.3, -0.25) is 4.79 Å². The second kappa shape index (κ2) is 6.40. The summed E-state index contributed by atoms with van der Waals surface area (Å²) in [6.07, 6.45) is 1.71. The zero-order valence-electron chi connectivity index (χ0n) is 10.6. The van der Waals surface area contributed by atoms with Gasteiger partial charge in [-0.25, -0.2) is 0 Å². The number of amides is 1. The summed E-state index contributed by atoms with van der Waals surface area (Å²) in [4.78, 5) is 11.1. The molecule has 1 aromatic carbocycles. The number of carbonyl (C=O) groups excluding carboxylic acids is 1. The van der Waals surface area contributed by atoms with Crippen molar-refractivity contribution in [1.82, 2.24) is 0 Å². The van der Waals surface area contributed by atoms with E-state index >= 15 is 0 Å². The van der Waals surface area contributed by atoms with Crippen LogP contribution in [-0.2, 0) is 17.6 Å². The first-order chi connectivity index (χ1) is 8.02. The van der Waals surface area contributed by atoms with Gasteiger partial charge in [-0.1, -0.05) is 38.1 Å². The van der Waals surface area contributed by atoms with Gasteiger partial charge in [-0.2, -0.15) is 0 Å². The molecule has 0 aliphatic rings. The van der Waals surface area contributed by atoms with Gasteiger partial charge in [0.25, 0.3) is 0 Å². The third-order valence-electron chi connectivity index (χ3n) is 2.84. The number of nitrogens with two attached hydrogens (primary N) is 2. The lowest BCUT2D eigenvalue weighted by Gasteiger charge is -2.11. The van der Waals surface area contributed by atoms with Crippen LogP contribution in [0.25, 0.3) is 0 Å². The fourth-order valence-corrected chi connectivity index (χ4v) is 1.87. The van der Waals surface area contributed by atoms with E-state index in [0.29, 0.717) is 18.9 Å². The number of carbonyl (C=O) groups is 1. The smallest absolute Gasteiger partial charge is 0.222 e. The van der Waals surface area contributed by atoms with E-state index in [1.165, 1.54) is 5.56 Å². The maximum atomic E-state index is 11.1. The molecule has 0 aromatic heterocycles. The molecular formula is C14H22N2O. The Morgan fingerprint density at radius 1 is 1.12 bits per heavy atom. The van der Waals surface area contributed by atoms with Gasteiger partial charge in [0.05, 0.1) is 5.92 Å². The molecule has 1 amide bonds. The minimum atomic E-state index is -0.321. The van der Waals surface area contributed by atoms with Crippen molar-refractivity contribution in [3.63, 3.8) is 0 Å². The zero-order chi connectivity index (χ0) is 12.8. The van der Waals surface area contributed by atoms with E-state index in [-0.39, 0.29) is 11.8 Å². The monoisotopic (exact) mass is 234 g/mol. The summed E-state index contributed by atoms with van der Waals surface area (Å²) in [6.45, 7) is 4.71. The number of primary amides is 1. The molecule has 3 heteroatoms. The molecule has 0 aliphatic carbocycles. The zero-order valence-corrected chi connectivity index (χ0v) is 10.6. The molecule has 0 heterocycles. The quantitative estimate of drug-likeness (QED) is 0.783. The molecule has 0 fully saturated rings. The molecule has 17 heavy (non-hydrogen) atoms. The highest BCUT2D eigenvalue weighted by Gasteiger charge is 2.13. The van der Waals surface area contributed by atoms with Gasteiger partial charge in [-0.15, -0.1) is 0 Å². The predicted octanol–water partition coefficient (Wildman–Crippen LogP) is 1.49. The van der Waals surface area contributed by atoms with Crippen molar-refractivity contribution in [1.29, 1.82) is 0 Å². The molecule has 1 unspecified atom stereocenters. The summed E-state index contributed by atoms with van der Waals surface area (Å²) >= 11 is 0.